The van der Waals surface area contributed by atoms with Gasteiger partial charge in [0.1, 0.15) is 0 Å². The number of amides is 1. The SMILES string of the molecule is CCN(/N=C/c1ccc2c(c1)C(C)(C)NC2=O)c1nccn2c(C)ccc12. The van der Waals surface area contributed by atoms with Crippen LogP contribution >= 0.6 is 0 Å². The number of hydrogen-bond donors (Lipinski definition) is 1. The molecule has 1 aromatic carbocycles. The Labute approximate surface area is 158 Å². The smallest absolute Gasteiger partial charge is 0.252 e. The summed E-state index contributed by atoms with van der Waals surface area (Å²) in [5, 5.41) is 9.55. The van der Waals surface area contributed by atoms with Crippen LogP contribution in [0.1, 0.15) is 48.0 Å². The van der Waals surface area contributed by atoms with Gasteiger partial charge < -0.3 is 9.72 Å². The van der Waals surface area contributed by atoms with Gasteiger partial charge in [0.2, 0.25) is 0 Å². The molecule has 2 aromatic heterocycles. The fraction of sp³-hybridized carbons (Fsp3) is 0.286. The third-order valence-electron chi connectivity index (χ3n) is 5.04. The number of anilines is 1. The van der Waals surface area contributed by atoms with Crippen molar-refractivity contribution in [1.29, 1.82) is 0 Å². The molecule has 0 spiro atoms. The highest BCUT2D eigenvalue weighted by atomic mass is 16.2. The average molecular weight is 361 g/mol. The number of nitrogens with one attached hydrogen (secondary N) is 1. The largest absolute Gasteiger partial charge is 0.343 e. The maximum atomic E-state index is 12.1. The standard InChI is InChI=1S/C21H23N5O/c1-5-26(19-18-9-6-14(2)25(18)11-10-22-19)23-13-15-7-8-16-17(12-15)21(3,4)24-20(16)27/h6-13H,5H2,1-4H3,(H,24,27)/b23-13+. The summed E-state index contributed by atoms with van der Waals surface area (Å²) in [6.45, 7) is 8.83. The molecule has 1 amide bonds. The number of benzene rings is 1. The third kappa shape index (κ3) is 2.87. The van der Waals surface area contributed by atoms with Crippen LogP contribution in [0.2, 0.25) is 0 Å². The Bertz CT molecular complexity index is 1060. The van der Waals surface area contributed by atoms with Crippen molar-refractivity contribution in [3.8, 4) is 0 Å². The summed E-state index contributed by atoms with van der Waals surface area (Å²) in [6, 6.07) is 9.95. The maximum absolute atomic E-state index is 12.1. The highest BCUT2D eigenvalue weighted by Gasteiger charge is 2.34. The number of fused-ring (bicyclic) bond motifs is 2. The minimum Gasteiger partial charge on any atom is -0.343 e. The van der Waals surface area contributed by atoms with Crippen LogP contribution in [0, 0.1) is 6.92 Å². The predicted octanol–water partition coefficient (Wildman–Crippen LogP) is 3.48. The monoisotopic (exact) mass is 361 g/mol. The Balaban J connectivity index is 1.68. The molecule has 4 rings (SSSR count). The van der Waals surface area contributed by atoms with E-state index in [9.17, 15) is 4.79 Å². The lowest BCUT2D eigenvalue weighted by Crippen LogP contribution is -2.32. The lowest BCUT2D eigenvalue weighted by molar-refractivity contribution is 0.0940. The molecule has 1 N–H and O–H groups in total. The van der Waals surface area contributed by atoms with Gasteiger partial charge in [0.25, 0.3) is 5.91 Å². The summed E-state index contributed by atoms with van der Waals surface area (Å²) in [5.74, 6) is 0.802. The molecule has 138 valence electrons. The van der Waals surface area contributed by atoms with Crippen LogP contribution in [0.3, 0.4) is 0 Å². The van der Waals surface area contributed by atoms with Crippen molar-refractivity contribution in [2.75, 3.05) is 11.6 Å². The Morgan fingerprint density at radius 2 is 2.11 bits per heavy atom. The maximum Gasteiger partial charge on any atom is 0.252 e. The number of aryl methyl sites for hydroxylation is 1. The molecule has 3 heterocycles. The van der Waals surface area contributed by atoms with Gasteiger partial charge in [-0.25, -0.2) is 9.99 Å². The van der Waals surface area contributed by atoms with E-state index < -0.39 is 0 Å². The Morgan fingerprint density at radius 1 is 1.30 bits per heavy atom. The van der Waals surface area contributed by atoms with Gasteiger partial charge in [-0.1, -0.05) is 6.07 Å². The van der Waals surface area contributed by atoms with E-state index in [0.717, 1.165) is 33.7 Å². The second-order valence-corrected chi connectivity index (χ2v) is 7.33. The van der Waals surface area contributed by atoms with Gasteiger partial charge in [0.05, 0.1) is 17.3 Å². The summed E-state index contributed by atoms with van der Waals surface area (Å²) in [7, 11) is 0. The van der Waals surface area contributed by atoms with E-state index in [1.54, 1.807) is 6.20 Å². The minimum absolute atomic E-state index is 0.0202. The molecule has 0 atom stereocenters. The van der Waals surface area contributed by atoms with Gasteiger partial charge in [-0.15, -0.1) is 0 Å². The number of nitrogens with zero attached hydrogens (tertiary/aromatic N) is 4. The number of carbonyl (C=O) groups excluding carboxylic acids is 1. The summed E-state index contributed by atoms with van der Waals surface area (Å²) in [5.41, 5.74) is 4.51. The van der Waals surface area contributed by atoms with Crippen molar-refractivity contribution in [1.82, 2.24) is 14.7 Å². The molecule has 0 aliphatic carbocycles. The molecule has 0 saturated carbocycles. The summed E-state index contributed by atoms with van der Waals surface area (Å²) in [6.07, 6.45) is 5.57. The number of hydrogen-bond acceptors (Lipinski definition) is 4. The highest BCUT2D eigenvalue weighted by Crippen LogP contribution is 2.31. The van der Waals surface area contributed by atoms with Crippen molar-refractivity contribution in [2.24, 2.45) is 5.10 Å². The fourth-order valence-electron chi connectivity index (χ4n) is 3.56. The molecular formula is C21H23N5O. The van der Waals surface area contributed by atoms with Crippen LogP contribution < -0.4 is 10.3 Å². The molecule has 27 heavy (non-hydrogen) atoms. The second kappa shape index (κ2) is 6.23. The molecule has 0 bridgehead atoms. The Kier molecular flexibility index (Phi) is 3.98. The molecule has 3 aromatic rings. The lowest BCUT2D eigenvalue weighted by atomic mass is 9.93. The van der Waals surface area contributed by atoms with Crippen molar-refractivity contribution in [3.05, 3.63) is 65.1 Å². The van der Waals surface area contributed by atoms with Crippen molar-refractivity contribution >= 4 is 23.5 Å². The molecule has 1 aliphatic heterocycles. The normalized spacial score (nSPS) is 15.3. The summed E-state index contributed by atoms with van der Waals surface area (Å²) < 4.78 is 2.11. The van der Waals surface area contributed by atoms with E-state index in [0.29, 0.717) is 6.54 Å². The fourth-order valence-corrected chi connectivity index (χ4v) is 3.56. The van der Waals surface area contributed by atoms with Crippen LogP contribution in [0.15, 0.2) is 47.8 Å². The van der Waals surface area contributed by atoms with Crippen molar-refractivity contribution in [3.63, 3.8) is 0 Å². The van der Waals surface area contributed by atoms with Crippen LogP contribution in [0.5, 0.6) is 0 Å². The zero-order valence-electron chi connectivity index (χ0n) is 16.0. The minimum atomic E-state index is -0.364. The Morgan fingerprint density at radius 3 is 2.89 bits per heavy atom. The number of rotatable bonds is 4. The molecule has 1 aliphatic rings. The molecule has 0 fully saturated rings. The first-order valence-corrected chi connectivity index (χ1v) is 9.12. The summed E-state index contributed by atoms with van der Waals surface area (Å²) in [4.78, 5) is 16.6. The van der Waals surface area contributed by atoms with Crippen LogP contribution in [0.25, 0.3) is 5.52 Å². The molecule has 0 unspecified atom stereocenters. The summed E-state index contributed by atoms with van der Waals surface area (Å²) >= 11 is 0. The zero-order valence-corrected chi connectivity index (χ0v) is 16.0. The van der Waals surface area contributed by atoms with Crippen LogP contribution in [-0.4, -0.2) is 28.1 Å². The second-order valence-electron chi connectivity index (χ2n) is 7.33. The molecule has 0 radical (unpaired) electrons. The number of aromatic nitrogens is 2. The number of carbonyl (C=O) groups is 1. The average Bonchev–Trinajstić information content (AvgIpc) is 3.13. The predicted molar refractivity (Wildman–Crippen MR) is 107 cm³/mol. The van der Waals surface area contributed by atoms with E-state index in [1.165, 1.54) is 0 Å². The third-order valence-corrected chi connectivity index (χ3v) is 5.04. The first-order chi connectivity index (χ1) is 12.9. The quantitative estimate of drug-likeness (QED) is 0.572. The van der Waals surface area contributed by atoms with Crippen molar-refractivity contribution in [2.45, 2.75) is 33.2 Å². The van der Waals surface area contributed by atoms with Gasteiger partial charge in [0, 0.05) is 30.2 Å². The van der Waals surface area contributed by atoms with E-state index >= 15 is 0 Å². The Hall–Kier alpha value is -3.15. The highest BCUT2D eigenvalue weighted by molar-refractivity contribution is 6.00. The topological polar surface area (TPSA) is 62.0 Å². The first-order valence-electron chi connectivity index (χ1n) is 9.12. The van der Waals surface area contributed by atoms with E-state index in [4.69, 9.17) is 0 Å². The van der Waals surface area contributed by atoms with Gasteiger partial charge in [0.15, 0.2) is 5.82 Å². The molecule has 6 heteroatoms. The molecule has 6 nitrogen and oxygen atoms in total. The lowest BCUT2D eigenvalue weighted by Gasteiger charge is -2.19. The van der Waals surface area contributed by atoms with E-state index in [-0.39, 0.29) is 11.4 Å². The zero-order chi connectivity index (χ0) is 19.2. The van der Waals surface area contributed by atoms with Crippen LogP contribution in [0.4, 0.5) is 5.82 Å². The van der Waals surface area contributed by atoms with Crippen molar-refractivity contribution < 1.29 is 4.79 Å². The van der Waals surface area contributed by atoms with Gasteiger partial charge in [-0.2, -0.15) is 5.10 Å². The number of hydrazone groups is 1. The molecule has 0 saturated heterocycles. The van der Waals surface area contributed by atoms with E-state index in [1.807, 2.05) is 56.4 Å². The van der Waals surface area contributed by atoms with Gasteiger partial charge in [-0.05, 0) is 63.1 Å². The molecular weight excluding hydrogens is 338 g/mol. The van der Waals surface area contributed by atoms with E-state index in [2.05, 4.69) is 38.9 Å². The first kappa shape index (κ1) is 17.3. The van der Waals surface area contributed by atoms with Gasteiger partial charge >= 0.3 is 0 Å². The van der Waals surface area contributed by atoms with Gasteiger partial charge in [-0.3, -0.25) is 4.79 Å². The van der Waals surface area contributed by atoms with Crippen LogP contribution in [-0.2, 0) is 5.54 Å².